The molecule has 0 fully saturated rings. The van der Waals surface area contributed by atoms with Crippen LogP contribution in [0.3, 0.4) is 0 Å². The number of aromatic nitrogens is 3. The third-order valence-electron chi connectivity index (χ3n) is 3.56. The Morgan fingerprint density at radius 1 is 1.05 bits per heavy atom. The Bertz CT molecular complexity index is 803. The topological polar surface area (TPSA) is 52.0 Å². The maximum atomic E-state index is 5.45. The van der Waals surface area contributed by atoms with Crippen LogP contribution in [-0.2, 0) is 0 Å². The molecular formula is C16H14N4OS. The molecule has 0 aliphatic carbocycles. The molecule has 1 aromatic heterocycles. The molecule has 1 atom stereocenters. The Morgan fingerprint density at radius 3 is 2.64 bits per heavy atom. The quantitative estimate of drug-likeness (QED) is 0.804. The van der Waals surface area contributed by atoms with Gasteiger partial charge in [0.05, 0.1) is 7.11 Å². The smallest absolute Gasteiger partial charge is 0.212 e. The van der Waals surface area contributed by atoms with Gasteiger partial charge in [0.25, 0.3) is 0 Å². The molecule has 2 heterocycles. The SMILES string of the molecule is COc1ccccc1[C@H]1Nn2c(nnc2-c2ccccc2)S1. The van der Waals surface area contributed by atoms with Gasteiger partial charge in [-0.1, -0.05) is 60.3 Å². The number of benzene rings is 2. The normalized spacial score (nSPS) is 16.1. The van der Waals surface area contributed by atoms with Gasteiger partial charge in [0.15, 0.2) is 5.82 Å². The van der Waals surface area contributed by atoms with E-state index in [0.717, 1.165) is 27.9 Å². The Kier molecular flexibility index (Phi) is 3.23. The largest absolute Gasteiger partial charge is 0.496 e. The summed E-state index contributed by atoms with van der Waals surface area (Å²) in [5.74, 6) is 1.69. The van der Waals surface area contributed by atoms with Gasteiger partial charge in [-0.3, -0.25) is 0 Å². The van der Waals surface area contributed by atoms with E-state index in [4.69, 9.17) is 4.74 Å². The van der Waals surface area contributed by atoms with Crippen molar-refractivity contribution < 1.29 is 4.74 Å². The lowest BCUT2D eigenvalue weighted by Crippen LogP contribution is -2.14. The Balaban J connectivity index is 1.68. The number of nitrogens with one attached hydrogen (secondary N) is 1. The summed E-state index contributed by atoms with van der Waals surface area (Å²) in [6, 6.07) is 18.0. The van der Waals surface area contributed by atoms with Gasteiger partial charge < -0.3 is 10.2 Å². The van der Waals surface area contributed by atoms with Gasteiger partial charge >= 0.3 is 0 Å². The number of fused-ring (bicyclic) bond motifs is 1. The Morgan fingerprint density at radius 2 is 1.82 bits per heavy atom. The molecule has 1 aliphatic rings. The summed E-state index contributed by atoms with van der Waals surface area (Å²) in [6.07, 6.45) is 0. The fourth-order valence-electron chi connectivity index (χ4n) is 2.50. The number of methoxy groups -OCH3 is 1. The van der Waals surface area contributed by atoms with E-state index in [0.29, 0.717) is 0 Å². The molecule has 5 nitrogen and oxygen atoms in total. The molecule has 110 valence electrons. The van der Waals surface area contributed by atoms with Crippen LogP contribution in [0, 0.1) is 0 Å². The summed E-state index contributed by atoms with van der Waals surface area (Å²) in [5, 5.41) is 9.47. The molecule has 0 radical (unpaired) electrons. The van der Waals surface area contributed by atoms with Crippen LogP contribution in [0.1, 0.15) is 10.9 Å². The van der Waals surface area contributed by atoms with Crippen molar-refractivity contribution in [3.05, 3.63) is 60.2 Å². The van der Waals surface area contributed by atoms with Crippen LogP contribution in [0.25, 0.3) is 11.4 Å². The summed E-state index contributed by atoms with van der Waals surface area (Å²) in [4.78, 5) is 0. The van der Waals surface area contributed by atoms with Crippen molar-refractivity contribution in [1.82, 2.24) is 14.9 Å². The van der Waals surface area contributed by atoms with Crippen molar-refractivity contribution in [3.8, 4) is 17.1 Å². The molecule has 0 amide bonds. The lowest BCUT2D eigenvalue weighted by atomic mass is 10.2. The molecule has 4 rings (SSSR count). The Labute approximate surface area is 132 Å². The number of nitrogens with zero attached hydrogens (tertiary/aromatic N) is 3. The van der Waals surface area contributed by atoms with E-state index in [2.05, 4.69) is 21.7 Å². The monoisotopic (exact) mass is 310 g/mol. The lowest BCUT2D eigenvalue weighted by Gasteiger charge is -2.15. The third kappa shape index (κ3) is 2.12. The van der Waals surface area contributed by atoms with Crippen LogP contribution >= 0.6 is 11.8 Å². The molecule has 0 saturated heterocycles. The second-order valence-electron chi connectivity index (χ2n) is 4.88. The van der Waals surface area contributed by atoms with Gasteiger partial charge in [-0.2, -0.15) is 0 Å². The molecule has 1 aliphatic heterocycles. The number of hydrogen-bond acceptors (Lipinski definition) is 5. The highest BCUT2D eigenvalue weighted by Gasteiger charge is 2.29. The number of rotatable bonds is 3. The molecule has 0 bridgehead atoms. The van der Waals surface area contributed by atoms with Gasteiger partial charge in [-0.15, -0.1) is 10.2 Å². The molecule has 6 heteroatoms. The number of thioether (sulfide) groups is 1. The minimum Gasteiger partial charge on any atom is -0.496 e. The predicted octanol–water partition coefficient (Wildman–Crippen LogP) is 3.30. The molecule has 1 N–H and O–H groups in total. The second-order valence-corrected chi connectivity index (χ2v) is 5.95. The van der Waals surface area contributed by atoms with Crippen LogP contribution < -0.4 is 10.2 Å². The van der Waals surface area contributed by atoms with E-state index in [9.17, 15) is 0 Å². The average molecular weight is 310 g/mol. The summed E-state index contributed by atoms with van der Waals surface area (Å²) in [7, 11) is 1.69. The van der Waals surface area contributed by atoms with Crippen LogP contribution in [0.15, 0.2) is 59.8 Å². The third-order valence-corrected chi connectivity index (χ3v) is 4.63. The maximum absolute atomic E-state index is 5.45. The zero-order valence-electron chi connectivity index (χ0n) is 11.9. The summed E-state index contributed by atoms with van der Waals surface area (Å²) >= 11 is 1.63. The molecule has 22 heavy (non-hydrogen) atoms. The van der Waals surface area contributed by atoms with Gasteiger partial charge in [-0.25, -0.2) is 4.68 Å². The van der Waals surface area contributed by atoms with Crippen molar-refractivity contribution in [2.24, 2.45) is 0 Å². The summed E-state index contributed by atoms with van der Waals surface area (Å²) in [6.45, 7) is 0. The first-order valence-electron chi connectivity index (χ1n) is 6.94. The zero-order valence-corrected chi connectivity index (χ0v) is 12.7. The molecule has 0 saturated carbocycles. The van der Waals surface area contributed by atoms with E-state index in [1.807, 2.05) is 53.2 Å². The minimum atomic E-state index is 0.0594. The predicted molar refractivity (Wildman–Crippen MR) is 86.4 cm³/mol. The van der Waals surface area contributed by atoms with Crippen molar-refractivity contribution in [1.29, 1.82) is 0 Å². The molecule has 3 aromatic rings. The van der Waals surface area contributed by atoms with Gasteiger partial charge in [0.2, 0.25) is 5.16 Å². The first kappa shape index (κ1) is 13.2. The summed E-state index contributed by atoms with van der Waals surface area (Å²) in [5.41, 5.74) is 5.58. The van der Waals surface area contributed by atoms with Gasteiger partial charge in [0.1, 0.15) is 11.1 Å². The highest BCUT2D eigenvalue weighted by Crippen LogP contribution is 2.42. The molecule has 0 unspecified atom stereocenters. The van der Waals surface area contributed by atoms with E-state index in [1.54, 1.807) is 18.9 Å². The van der Waals surface area contributed by atoms with E-state index in [1.165, 1.54) is 0 Å². The van der Waals surface area contributed by atoms with Crippen molar-refractivity contribution in [3.63, 3.8) is 0 Å². The first-order valence-corrected chi connectivity index (χ1v) is 7.82. The minimum absolute atomic E-state index is 0.0594. The van der Waals surface area contributed by atoms with E-state index in [-0.39, 0.29) is 5.37 Å². The Hall–Kier alpha value is -2.47. The van der Waals surface area contributed by atoms with Crippen LogP contribution in [0.5, 0.6) is 5.75 Å². The van der Waals surface area contributed by atoms with Crippen LogP contribution in [0.4, 0.5) is 0 Å². The van der Waals surface area contributed by atoms with E-state index < -0.39 is 0 Å². The van der Waals surface area contributed by atoms with Crippen LogP contribution in [0.2, 0.25) is 0 Å². The van der Waals surface area contributed by atoms with Crippen molar-refractivity contribution in [2.45, 2.75) is 10.5 Å². The number of ether oxygens (including phenoxy) is 1. The maximum Gasteiger partial charge on any atom is 0.212 e. The standard InChI is InChI=1S/C16H14N4OS/c1-21-13-10-6-5-9-12(13)15-19-20-14(17-18-16(20)22-15)11-7-3-2-4-8-11/h2-10,15,19H,1H3/t15-/m0/s1. The molecule has 0 spiro atoms. The lowest BCUT2D eigenvalue weighted by molar-refractivity contribution is 0.409. The second kappa shape index (κ2) is 5.38. The molecule has 2 aromatic carbocycles. The summed E-state index contributed by atoms with van der Waals surface area (Å²) < 4.78 is 7.39. The highest BCUT2D eigenvalue weighted by molar-refractivity contribution is 7.99. The first-order chi connectivity index (χ1) is 10.9. The van der Waals surface area contributed by atoms with Gasteiger partial charge in [-0.05, 0) is 6.07 Å². The molecular weight excluding hydrogens is 296 g/mol. The van der Waals surface area contributed by atoms with Crippen molar-refractivity contribution >= 4 is 11.8 Å². The fourth-order valence-corrected chi connectivity index (χ4v) is 3.53. The highest BCUT2D eigenvalue weighted by atomic mass is 32.2. The number of hydrogen-bond donors (Lipinski definition) is 1. The van der Waals surface area contributed by atoms with Crippen molar-refractivity contribution in [2.75, 3.05) is 12.5 Å². The number of para-hydroxylation sites is 1. The fraction of sp³-hybridized carbons (Fsp3) is 0.125. The van der Waals surface area contributed by atoms with Crippen LogP contribution in [-0.4, -0.2) is 22.0 Å². The van der Waals surface area contributed by atoms with Gasteiger partial charge in [0, 0.05) is 11.1 Å². The van der Waals surface area contributed by atoms with E-state index >= 15 is 0 Å². The average Bonchev–Trinajstić information content (AvgIpc) is 3.16. The zero-order chi connectivity index (χ0) is 14.9.